The third kappa shape index (κ3) is 7.47. The van der Waals surface area contributed by atoms with Crippen LogP contribution in [0.25, 0.3) is 0 Å². The van der Waals surface area contributed by atoms with E-state index in [1.165, 1.54) is 51.4 Å². The minimum atomic E-state index is -4.02. The molecular weight excluding hydrogens is 321 g/mol. The number of alkyl halides is 3. The summed E-state index contributed by atoms with van der Waals surface area (Å²) in [4.78, 5) is 0. The predicted molar refractivity (Wildman–Crippen MR) is 98.0 cm³/mol. The summed E-state index contributed by atoms with van der Waals surface area (Å²) in [5.74, 6) is 6.89. The van der Waals surface area contributed by atoms with Crippen LogP contribution in [0.2, 0.25) is 0 Å². The molecule has 142 valence electrons. The zero-order valence-electron chi connectivity index (χ0n) is 15.6. The van der Waals surface area contributed by atoms with Crippen molar-refractivity contribution in [3.05, 3.63) is 12.2 Å². The lowest BCUT2D eigenvalue weighted by Gasteiger charge is -2.27. The van der Waals surface area contributed by atoms with E-state index in [1.807, 2.05) is 6.08 Å². The van der Waals surface area contributed by atoms with Crippen LogP contribution in [-0.4, -0.2) is 6.18 Å². The zero-order valence-corrected chi connectivity index (χ0v) is 15.6. The first-order valence-electron chi connectivity index (χ1n) is 10.2. The number of allylic oxidation sites excluding steroid dienone is 2. The minimum Gasteiger partial charge on any atom is -0.171 e. The van der Waals surface area contributed by atoms with Gasteiger partial charge in [-0.25, -0.2) is 0 Å². The van der Waals surface area contributed by atoms with Gasteiger partial charge in [0.25, 0.3) is 0 Å². The molecule has 0 radical (unpaired) electrons. The molecule has 0 aromatic heterocycles. The molecule has 0 aromatic rings. The molecule has 0 atom stereocenters. The number of hydrogen-bond donors (Lipinski definition) is 0. The Bertz CT molecular complexity index is 450. The van der Waals surface area contributed by atoms with Crippen molar-refractivity contribution in [3.63, 3.8) is 0 Å². The summed E-state index contributed by atoms with van der Waals surface area (Å²) in [7, 11) is 0. The summed E-state index contributed by atoms with van der Waals surface area (Å²) in [6, 6.07) is 0. The van der Waals surface area contributed by atoms with Gasteiger partial charge in [-0.15, -0.1) is 0 Å². The van der Waals surface area contributed by atoms with E-state index in [2.05, 4.69) is 24.8 Å². The van der Waals surface area contributed by atoms with Gasteiger partial charge in [0.05, 0.1) is 5.92 Å². The van der Waals surface area contributed by atoms with Crippen LogP contribution in [0, 0.1) is 35.5 Å². The maximum absolute atomic E-state index is 12.6. The smallest absolute Gasteiger partial charge is 0.171 e. The van der Waals surface area contributed by atoms with E-state index < -0.39 is 12.1 Å². The van der Waals surface area contributed by atoms with Crippen LogP contribution in [0.3, 0.4) is 0 Å². The van der Waals surface area contributed by atoms with E-state index >= 15 is 0 Å². The second-order valence-electron chi connectivity index (χ2n) is 8.01. The van der Waals surface area contributed by atoms with E-state index in [4.69, 9.17) is 0 Å². The molecule has 2 rings (SSSR count). The summed E-state index contributed by atoms with van der Waals surface area (Å²) in [5.41, 5.74) is 0. The van der Waals surface area contributed by atoms with Crippen LogP contribution in [0.5, 0.6) is 0 Å². The highest BCUT2D eigenvalue weighted by atomic mass is 19.4. The number of unbranched alkanes of at least 4 members (excludes halogenated alkanes) is 2. The first-order chi connectivity index (χ1) is 12.0. The van der Waals surface area contributed by atoms with Crippen LogP contribution in [0.4, 0.5) is 13.2 Å². The second kappa shape index (κ2) is 10.3. The topological polar surface area (TPSA) is 0 Å². The van der Waals surface area contributed by atoms with Crippen LogP contribution >= 0.6 is 0 Å². The fourth-order valence-corrected chi connectivity index (χ4v) is 4.27. The fourth-order valence-electron chi connectivity index (χ4n) is 4.27. The molecule has 25 heavy (non-hydrogen) atoms. The molecule has 0 spiro atoms. The summed E-state index contributed by atoms with van der Waals surface area (Å²) >= 11 is 0. The van der Waals surface area contributed by atoms with Crippen molar-refractivity contribution < 1.29 is 13.2 Å². The third-order valence-electron chi connectivity index (χ3n) is 6.04. The van der Waals surface area contributed by atoms with Gasteiger partial charge in [-0.3, -0.25) is 0 Å². The molecule has 0 heterocycles. The van der Waals surface area contributed by atoms with Crippen LogP contribution < -0.4 is 0 Å². The van der Waals surface area contributed by atoms with E-state index in [1.54, 1.807) is 0 Å². The Hall–Kier alpha value is -0.910. The number of hydrogen-bond acceptors (Lipinski definition) is 0. The summed E-state index contributed by atoms with van der Waals surface area (Å²) in [5, 5.41) is 0. The van der Waals surface area contributed by atoms with Crippen molar-refractivity contribution in [2.24, 2.45) is 23.7 Å². The van der Waals surface area contributed by atoms with Crippen molar-refractivity contribution in [1.29, 1.82) is 0 Å². The van der Waals surface area contributed by atoms with Crippen LogP contribution in [0.15, 0.2) is 12.2 Å². The molecule has 2 aliphatic carbocycles. The Morgan fingerprint density at radius 1 is 0.920 bits per heavy atom. The quantitative estimate of drug-likeness (QED) is 0.359. The van der Waals surface area contributed by atoms with Gasteiger partial charge in [0.1, 0.15) is 0 Å². The Morgan fingerprint density at radius 3 is 2.20 bits per heavy atom. The van der Waals surface area contributed by atoms with Gasteiger partial charge in [-0.2, -0.15) is 13.2 Å². The normalized spacial score (nSPS) is 30.9. The summed E-state index contributed by atoms with van der Waals surface area (Å²) in [6.45, 7) is 2.25. The van der Waals surface area contributed by atoms with Gasteiger partial charge in [0.2, 0.25) is 0 Å². The van der Waals surface area contributed by atoms with Gasteiger partial charge in [0, 0.05) is 5.92 Å². The molecule has 0 saturated heterocycles. The maximum atomic E-state index is 12.6. The largest absolute Gasteiger partial charge is 0.391 e. The SMILES string of the molecule is CCCCCC1CCC(/C=C/C#CC2CCC(C(F)(F)F)CC2)CC1. The lowest BCUT2D eigenvalue weighted by atomic mass is 9.79. The molecule has 0 bridgehead atoms. The van der Waals surface area contributed by atoms with Crippen molar-refractivity contribution in [2.75, 3.05) is 0 Å². The van der Waals surface area contributed by atoms with Gasteiger partial charge in [0.15, 0.2) is 0 Å². The standard InChI is InChI=1S/C22H33F3/c1-2-3-4-7-18-10-12-19(13-11-18)8-5-6-9-20-14-16-21(17-15-20)22(23,24)25/h5,8,18-21H,2-4,7,10-17H2,1H3/b8-5+. The average Bonchev–Trinajstić information content (AvgIpc) is 2.60. The lowest BCUT2D eigenvalue weighted by molar-refractivity contribution is -0.182. The van der Waals surface area contributed by atoms with Crippen molar-refractivity contribution in [3.8, 4) is 11.8 Å². The first kappa shape index (κ1) is 20.4. The highest BCUT2D eigenvalue weighted by Crippen LogP contribution is 2.39. The van der Waals surface area contributed by atoms with E-state index in [0.717, 1.165) is 5.92 Å². The Kier molecular flexibility index (Phi) is 8.40. The third-order valence-corrected chi connectivity index (χ3v) is 6.04. The summed E-state index contributed by atoms with van der Waals surface area (Å²) in [6.07, 6.45) is 12.5. The van der Waals surface area contributed by atoms with Crippen molar-refractivity contribution >= 4 is 0 Å². The molecule has 0 nitrogen and oxygen atoms in total. The first-order valence-corrected chi connectivity index (χ1v) is 10.2. The second-order valence-corrected chi connectivity index (χ2v) is 8.01. The Labute approximate surface area is 151 Å². The predicted octanol–water partition coefficient (Wildman–Crippen LogP) is 7.30. The Balaban J connectivity index is 1.64. The van der Waals surface area contributed by atoms with Gasteiger partial charge >= 0.3 is 6.18 Å². The van der Waals surface area contributed by atoms with Crippen LogP contribution in [0.1, 0.15) is 84.0 Å². The molecule has 2 aliphatic rings. The monoisotopic (exact) mass is 354 g/mol. The molecular formula is C22H33F3. The molecule has 2 fully saturated rings. The fraction of sp³-hybridized carbons (Fsp3) is 0.818. The molecule has 3 heteroatoms. The average molecular weight is 355 g/mol. The highest BCUT2D eigenvalue weighted by molar-refractivity contribution is 5.18. The van der Waals surface area contributed by atoms with Crippen molar-refractivity contribution in [1.82, 2.24) is 0 Å². The van der Waals surface area contributed by atoms with Crippen LogP contribution in [-0.2, 0) is 0 Å². The maximum Gasteiger partial charge on any atom is 0.391 e. The lowest BCUT2D eigenvalue weighted by Crippen LogP contribution is -2.27. The van der Waals surface area contributed by atoms with E-state index in [-0.39, 0.29) is 18.8 Å². The van der Waals surface area contributed by atoms with Gasteiger partial charge in [-0.05, 0) is 69.3 Å². The van der Waals surface area contributed by atoms with Gasteiger partial charge in [-0.1, -0.05) is 50.5 Å². The molecule has 0 amide bonds. The van der Waals surface area contributed by atoms with E-state index in [0.29, 0.717) is 18.8 Å². The molecule has 2 saturated carbocycles. The van der Waals surface area contributed by atoms with E-state index in [9.17, 15) is 13.2 Å². The Morgan fingerprint density at radius 2 is 1.60 bits per heavy atom. The van der Waals surface area contributed by atoms with Gasteiger partial charge < -0.3 is 0 Å². The highest BCUT2D eigenvalue weighted by Gasteiger charge is 2.41. The number of rotatable bonds is 5. The molecule has 0 aliphatic heterocycles. The zero-order chi connectivity index (χ0) is 18.1. The summed E-state index contributed by atoms with van der Waals surface area (Å²) < 4.78 is 37.9. The minimum absolute atomic E-state index is 0.151. The molecule has 0 N–H and O–H groups in total. The van der Waals surface area contributed by atoms with Crippen molar-refractivity contribution in [2.45, 2.75) is 90.1 Å². The molecule has 0 unspecified atom stereocenters. The number of halogens is 3. The molecule has 0 aromatic carbocycles.